The van der Waals surface area contributed by atoms with E-state index in [2.05, 4.69) is 0 Å². The molecule has 0 aromatic heterocycles. The van der Waals surface area contributed by atoms with Crippen molar-refractivity contribution < 1.29 is 22.8 Å². The number of nitrogens with zero attached hydrogens (tertiary/aromatic N) is 1. The van der Waals surface area contributed by atoms with Gasteiger partial charge in [0.05, 0.1) is 17.2 Å². The number of alkyl halides is 3. The van der Waals surface area contributed by atoms with Crippen molar-refractivity contribution in [3.63, 3.8) is 0 Å². The molecule has 0 heterocycles. The van der Waals surface area contributed by atoms with Crippen LogP contribution in [0.15, 0.2) is 66.7 Å². The minimum atomic E-state index is -4.50. The van der Waals surface area contributed by atoms with Crippen molar-refractivity contribution in [1.29, 1.82) is 0 Å². The van der Waals surface area contributed by atoms with E-state index in [-0.39, 0.29) is 23.4 Å². The molecule has 0 bridgehead atoms. The van der Waals surface area contributed by atoms with Crippen molar-refractivity contribution in [2.24, 2.45) is 5.73 Å². The lowest BCUT2D eigenvalue weighted by molar-refractivity contribution is -0.137. The number of aryl methyl sites for hydroxylation is 1. The molecule has 0 saturated carbocycles. The highest BCUT2D eigenvalue weighted by Gasteiger charge is 2.36. The third kappa shape index (κ3) is 4.41. The molecule has 3 aromatic carbocycles. The second-order valence-corrected chi connectivity index (χ2v) is 8.01. The summed E-state index contributed by atoms with van der Waals surface area (Å²) in [6.07, 6.45) is -3.52. The Hall–Kier alpha value is -3.81. The number of primary amides is 1. The molecule has 0 spiro atoms. The Labute approximate surface area is 188 Å². The number of nitrogens with two attached hydrogens (primary N) is 2. The van der Waals surface area contributed by atoms with Crippen LogP contribution in [0.3, 0.4) is 0 Å². The molecule has 0 aliphatic heterocycles. The molecule has 1 aliphatic carbocycles. The number of anilines is 1. The summed E-state index contributed by atoms with van der Waals surface area (Å²) in [6.45, 7) is -0.00731. The van der Waals surface area contributed by atoms with E-state index in [1.54, 1.807) is 48.5 Å². The van der Waals surface area contributed by atoms with Crippen LogP contribution in [-0.4, -0.2) is 16.7 Å². The Morgan fingerprint density at radius 2 is 1.64 bits per heavy atom. The number of benzene rings is 3. The number of carbonyl (C=O) groups excluding carboxylic acids is 2. The van der Waals surface area contributed by atoms with Crippen LogP contribution in [0.2, 0.25) is 0 Å². The van der Waals surface area contributed by atoms with Crippen molar-refractivity contribution in [1.82, 2.24) is 4.90 Å². The predicted molar refractivity (Wildman–Crippen MR) is 118 cm³/mol. The molecule has 33 heavy (non-hydrogen) atoms. The van der Waals surface area contributed by atoms with Gasteiger partial charge in [0.2, 0.25) is 5.91 Å². The fourth-order valence-electron chi connectivity index (χ4n) is 4.33. The molecule has 0 fully saturated rings. The summed E-state index contributed by atoms with van der Waals surface area (Å²) in [4.78, 5) is 27.1. The highest BCUT2D eigenvalue weighted by atomic mass is 19.4. The highest BCUT2D eigenvalue weighted by Crippen LogP contribution is 2.41. The molecular weight excluding hydrogens is 431 g/mol. The molecule has 0 unspecified atom stereocenters. The smallest absolute Gasteiger partial charge is 0.398 e. The van der Waals surface area contributed by atoms with E-state index in [0.29, 0.717) is 24.0 Å². The molecule has 0 saturated heterocycles. The maximum Gasteiger partial charge on any atom is 0.416 e. The molecule has 8 heteroatoms. The van der Waals surface area contributed by atoms with E-state index in [1.165, 1.54) is 11.0 Å². The summed E-state index contributed by atoms with van der Waals surface area (Å²) in [5.74, 6) is -1.08. The molecule has 4 rings (SSSR count). The Morgan fingerprint density at radius 3 is 2.30 bits per heavy atom. The monoisotopic (exact) mass is 453 g/mol. The Balaban J connectivity index is 1.81. The topological polar surface area (TPSA) is 89.4 Å². The SMILES string of the molecule is NC(=O)c1ccccc1CN(C(=O)c1ccccc1N)[C@@H]1CCc2ccc(C(F)(F)F)cc21. The molecule has 1 atom stereocenters. The number of rotatable bonds is 5. The van der Waals surface area contributed by atoms with Crippen molar-refractivity contribution >= 4 is 17.5 Å². The number of nitrogen functional groups attached to an aromatic ring is 1. The summed E-state index contributed by atoms with van der Waals surface area (Å²) < 4.78 is 40.2. The molecule has 3 aromatic rings. The quantitative estimate of drug-likeness (QED) is 0.548. The van der Waals surface area contributed by atoms with Gasteiger partial charge in [-0.1, -0.05) is 36.4 Å². The molecular formula is C25H22F3N3O2. The van der Waals surface area contributed by atoms with Crippen molar-refractivity contribution in [2.45, 2.75) is 31.6 Å². The molecule has 2 amide bonds. The summed E-state index contributed by atoms with van der Waals surface area (Å²) in [5, 5.41) is 0. The van der Waals surface area contributed by atoms with Crippen LogP contribution in [-0.2, 0) is 19.1 Å². The van der Waals surface area contributed by atoms with Gasteiger partial charge in [-0.2, -0.15) is 13.2 Å². The third-order valence-electron chi connectivity index (χ3n) is 5.97. The van der Waals surface area contributed by atoms with Crippen molar-refractivity contribution in [3.8, 4) is 0 Å². The summed E-state index contributed by atoms with van der Waals surface area (Å²) in [7, 11) is 0. The van der Waals surface area contributed by atoms with Gasteiger partial charge in [0.1, 0.15) is 0 Å². The third-order valence-corrected chi connectivity index (χ3v) is 5.97. The van der Waals surface area contributed by atoms with Crippen LogP contribution in [0.1, 0.15) is 55.4 Å². The van der Waals surface area contributed by atoms with Gasteiger partial charge in [-0.15, -0.1) is 0 Å². The average molecular weight is 453 g/mol. The van der Waals surface area contributed by atoms with E-state index in [1.807, 2.05) is 0 Å². The number of amides is 2. The number of halogens is 3. The Morgan fingerprint density at radius 1 is 0.970 bits per heavy atom. The van der Waals surface area contributed by atoms with Gasteiger partial charge in [0, 0.05) is 17.8 Å². The fourth-order valence-corrected chi connectivity index (χ4v) is 4.33. The number of fused-ring (bicyclic) bond motifs is 1. The van der Waals surface area contributed by atoms with Crippen LogP contribution in [0.25, 0.3) is 0 Å². The second kappa shape index (κ2) is 8.61. The van der Waals surface area contributed by atoms with Gasteiger partial charge in [-0.05, 0) is 59.9 Å². The van der Waals surface area contributed by atoms with Gasteiger partial charge in [-0.3, -0.25) is 9.59 Å². The normalized spacial score (nSPS) is 15.2. The van der Waals surface area contributed by atoms with E-state index in [4.69, 9.17) is 11.5 Å². The van der Waals surface area contributed by atoms with Gasteiger partial charge in [0.15, 0.2) is 0 Å². The first kappa shape index (κ1) is 22.4. The minimum Gasteiger partial charge on any atom is -0.398 e. The second-order valence-electron chi connectivity index (χ2n) is 8.01. The lowest BCUT2D eigenvalue weighted by atomic mass is 10.00. The number of hydrogen-bond acceptors (Lipinski definition) is 3. The number of carbonyl (C=O) groups is 2. The fraction of sp³-hybridized carbons (Fsp3) is 0.200. The number of hydrogen-bond donors (Lipinski definition) is 2. The molecule has 0 radical (unpaired) electrons. The van der Waals surface area contributed by atoms with Crippen molar-refractivity contribution in [3.05, 3.63) is 100 Å². The Bertz CT molecular complexity index is 1220. The zero-order valence-corrected chi connectivity index (χ0v) is 17.6. The van der Waals surface area contributed by atoms with Gasteiger partial charge >= 0.3 is 6.18 Å². The zero-order valence-electron chi connectivity index (χ0n) is 17.6. The first-order valence-corrected chi connectivity index (χ1v) is 10.4. The average Bonchev–Trinajstić information content (AvgIpc) is 3.20. The van der Waals surface area contributed by atoms with Crippen molar-refractivity contribution in [2.75, 3.05) is 5.73 Å². The van der Waals surface area contributed by atoms with Crippen LogP contribution < -0.4 is 11.5 Å². The minimum absolute atomic E-state index is 0.00731. The van der Waals surface area contributed by atoms with E-state index in [0.717, 1.165) is 17.7 Å². The lowest BCUT2D eigenvalue weighted by Gasteiger charge is -2.31. The van der Waals surface area contributed by atoms with Crippen LogP contribution in [0.4, 0.5) is 18.9 Å². The molecule has 1 aliphatic rings. The summed E-state index contributed by atoms with van der Waals surface area (Å²) in [6, 6.07) is 16.2. The summed E-state index contributed by atoms with van der Waals surface area (Å²) in [5.41, 5.74) is 13.3. The first-order valence-electron chi connectivity index (χ1n) is 10.4. The number of para-hydroxylation sites is 1. The largest absolute Gasteiger partial charge is 0.416 e. The molecule has 170 valence electrons. The Kier molecular flexibility index (Phi) is 5.84. The molecule has 5 nitrogen and oxygen atoms in total. The van der Waals surface area contributed by atoms with Gasteiger partial charge < -0.3 is 16.4 Å². The standard InChI is InChI=1S/C25H22F3N3O2/c26-25(27,28)17-11-9-15-10-12-22(20(15)13-17)31(24(33)19-7-3-4-8-21(19)29)14-16-5-1-2-6-18(16)23(30)32/h1-9,11,13,22H,10,12,14,29H2,(H2,30,32)/t22-/m1/s1. The van der Waals surface area contributed by atoms with Gasteiger partial charge in [0.25, 0.3) is 5.91 Å². The van der Waals surface area contributed by atoms with E-state index in [9.17, 15) is 22.8 Å². The van der Waals surface area contributed by atoms with E-state index >= 15 is 0 Å². The van der Waals surface area contributed by atoms with Crippen LogP contribution in [0.5, 0.6) is 0 Å². The zero-order chi connectivity index (χ0) is 23.8. The summed E-state index contributed by atoms with van der Waals surface area (Å²) >= 11 is 0. The van der Waals surface area contributed by atoms with E-state index < -0.39 is 29.6 Å². The maximum atomic E-state index is 13.6. The maximum absolute atomic E-state index is 13.6. The molecule has 4 N–H and O–H groups in total. The van der Waals surface area contributed by atoms with Gasteiger partial charge in [-0.25, -0.2) is 0 Å². The predicted octanol–water partition coefficient (Wildman–Crippen LogP) is 4.72. The van der Waals surface area contributed by atoms with Crippen LogP contribution in [0, 0.1) is 0 Å². The first-order chi connectivity index (χ1) is 15.7. The van der Waals surface area contributed by atoms with Crippen LogP contribution >= 0.6 is 0 Å². The lowest BCUT2D eigenvalue weighted by Crippen LogP contribution is -2.35. The highest BCUT2D eigenvalue weighted by molar-refractivity contribution is 6.00.